The summed E-state index contributed by atoms with van der Waals surface area (Å²) in [5.41, 5.74) is 1.69. The van der Waals surface area contributed by atoms with Crippen molar-refractivity contribution in [2.75, 3.05) is 13.2 Å². The fourth-order valence-corrected chi connectivity index (χ4v) is 3.76. The SMILES string of the molecule is C=C(C)CN([C@H]1C=CC(=O)OC1)S(=O)(=O)c1ccc(C)cc1. The van der Waals surface area contributed by atoms with Crippen molar-refractivity contribution in [2.45, 2.75) is 24.8 Å². The first-order chi connectivity index (χ1) is 10.3. The standard InChI is InChI=1S/C16H19NO4S/c1-12(2)10-17(14-6-9-16(18)21-11-14)22(19,20)15-7-4-13(3)5-8-15/h4-9,14H,1,10-11H2,2-3H3/t14-/m0/s1. The molecule has 0 spiro atoms. The molecule has 0 saturated carbocycles. The summed E-state index contributed by atoms with van der Waals surface area (Å²) >= 11 is 0. The minimum absolute atomic E-state index is 0.00764. The Morgan fingerprint density at radius 3 is 2.50 bits per heavy atom. The van der Waals surface area contributed by atoms with Gasteiger partial charge in [-0.05, 0) is 26.0 Å². The van der Waals surface area contributed by atoms with Crippen molar-refractivity contribution >= 4 is 16.0 Å². The molecule has 5 nitrogen and oxygen atoms in total. The van der Waals surface area contributed by atoms with Crippen molar-refractivity contribution in [2.24, 2.45) is 0 Å². The minimum Gasteiger partial charge on any atom is -0.460 e. The van der Waals surface area contributed by atoms with Gasteiger partial charge in [-0.1, -0.05) is 35.9 Å². The molecule has 0 bridgehead atoms. The maximum Gasteiger partial charge on any atom is 0.330 e. The molecule has 1 aromatic rings. The van der Waals surface area contributed by atoms with Crippen LogP contribution < -0.4 is 0 Å². The molecule has 0 aliphatic carbocycles. The lowest BCUT2D eigenvalue weighted by atomic mass is 10.2. The van der Waals surface area contributed by atoms with Crippen molar-refractivity contribution in [3.63, 3.8) is 0 Å². The van der Waals surface area contributed by atoms with Crippen LogP contribution in [0.2, 0.25) is 0 Å². The molecule has 0 saturated heterocycles. The second-order valence-electron chi connectivity index (χ2n) is 5.38. The normalized spacial score (nSPS) is 18.3. The van der Waals surface area contributed by atoms with E-state index in [2.05, 4.69) is 6.58 Å². The molecule has 0 aromatic heterocycles. The van der Waals surface area contributed by atoms with Gasteiger partial charge in [-0.2, -0.15) is 4.31 Å². The topological polar surface area (TPSA) is 63.7 Å². The Balaban J connectivity index is 2.39. The van der Waals surface area contributed by atoms with Crippen LogP contribution in [0.25, 0.3) is 0 Å². The number of sulfonamides is 1. The number of nitrogens with zero attached hydrogens (tertiary/aromatic N) is 1. The maximum absolute atomic E-state index is 12.9. The third-order valence-electron chi connectivity index (χ3n) is 3.27. The number of benzene rings is 1. The van der Waals surface area contributed by atoms with Crippen LogP contribution in [-0.4, -0.2) is 37.9 Å². The van der Waals surface area contributed by atoms with E-state index < -0.39 is 22.0 Å². The second kappa shape index (κ2) is 6.46. The van der Waals surface area contributed by atoms with Gasteiger partial charge in [-0.25, -0.2) is 13.2 Å². The Hall–Kier alpha value is -1.92. The van der Waals surface area contributed by atoms with Crippen LogP contribution in [0.3, 0.4) is 0 Å². The van der Waals surface area contributed by atoms with Crippen LogP contribution in [0.5, 0.6) is 0 Å². The van der Waals surface area contributed by atoms with E-state index in [1.54, 1.807) is 37.3 Å². The summed E-state index contributed by atoms with van der Waals surface area (Å²) in [6.45, 7) is 7.62. The summed E-state index contributed by atoms with van der Waals surface area (Å²) < 4.78 is 32.0. The number of carbonyl (C=O) groups excluding carboxylic acids is 1. The molecule has 1 aromatic carbocycles. The third-order valence-corrected chi connectivity index (χ3v) is 5.16. The van der Waals surface area contributed by atoms with Gasteiger partial charge in [0.15, 0.2) is 0 Å². The lowest BCUT2D eigenvalue weighted by Crippen LogP contribution is -2.44. The number of cyclic esters (lactones) is 1. The maximum atomic E-state index is 12.9. The van der Waals surface area contributed by atoms with Gasteiger partial charge in [0.05, 0.1) is 10.9 Å². The van der Waals surface area contributed by atoms with Gasteiger partial charge in [0.2, 0.25) is 10.0 Å². The predicted molar refractivity (Wildman–Crippen MR) is 83.8 cm³/mol. The molecule has 1 aliphatic rings. The zero-order valence-electron chi connectivity index (χ0n) is 12.7. The van der Waals surface area contributed by atoms with Gasteiger partial charge in [0.1, 0.15) is 6.61 Å². The number of hydrogen-bond donors (Lipinski definition) is 0. The van der Waals surface area contributed by atoms with E-state index in [0.717, 1.165) is 5.56 Å². The van der Waals surface area contributed by atoms with Gasteiger partial charge in [0, 0.05) is 12.6 Å². The molecule has 0 radical (unpaired) electrons. The molecule has 22 heavy (non-hydrogen) atoms. The molecule has 1 atom stereocenters. The van der Waals surface area contributed by atoms with Crippen LogP contribution in [0.1, 0.15) is 12.5 Å². The number of esters is 1. The molecule has 6 heteroatoms. The van der Waals surface area contributed by atoms with E-state index in [9.17, 15) is 13.2 Å². The Bertz CT molecular complexity index is 704. The van der Waals surface area contributed by atoms with Crippen molar-refractivity contribution < 1.29 is 17.9 Å². The van der Waals surface area contributed by atoms with Crippen LogP contribution in [0.4, 0.5) is 0 Å². The predicted octanol–water partition coefficient (Wildman–Crippen LogP) is 2.04. The average molecular weight is 321 g/mol. The van der Waals surface area contributed by atoms with Gasteiger partial charge in [-0.15, -0.1) is 0 Å². The van der Waals surface area contributed by atoms with Crippen molar-refractivity contribution in [1.82, 2.24) is 4.31 Å². The highest BCUT2D eigenvalue weighted by Gasteiger charge is 2.32. The Morgan fingerprint density at radius 2 is 2.00 bits per heavy atom. The first-order valence-corrected chi connectivity index (χ1v) is 8.32. The molecule has 1 heterocycles. The van der Waals surface area contributed by atoms with Gasteiger partial charge < -0.3 is 4.74 Å². The number of hydrogen-bond acceptors (Lipinski definition) is 4. The van der Waals surface area contributed by atoms with Gasteiger partial charge >= 0.3 is 5.97 Å². The Kier molecular flexibility index (Phi) is 4.83. The Labute approximate surface area is 130 Å². The van der Waals surface area contributed by atoms with Gasteiger partial charge in [0.25, 0.3) is 0 Å². The molecule has 0 fully saturated rings. The number of rotatable bonds is 5. The summed E-state index contributed by atoms with van der Waals surface area (Å²) in [5.74, 6) is -0.459. The number of carbonyl (C=O) groups is 1. The average Bonchev–Trinajstić information content (AvgIpc) is 2.46. The lowest BCUT2D eigenvalue weighted by molar-refractivity contribution is -0.139. The first-order valence-electron chi connectivity index (χ1n) is 6.88. The van der Waals surface area contributed by atoms with Crippen molar-refractivity contribution in [3.05, 3.63) is 54.1 Å². The largest absolute Gasteiger partial charge is 0.460 e. The van der Waals surface area contributed by atoms with E-state index in [1.807, 2.05) is 6.92 Å². The van der Waals surface area contributed by atoms with Crippen LogP contribution in [0.15, 0.2) is 53.5 Å². The zero-order valence-corrected chi connectivity index (χ0v) is 13.5. The number of aryl methyl sites for hydroxylation is 1. The fourth-order valence-electron chi connectivity index (χ4n) is 2.13. The van der Waals surface area contributed by atoms with Crippen molar-refractivity contribution in [3.8, 4) is 0 Å². The van der Waals surface area contributed by atoms with Crippen molar-refractivity contribution in [1.29, 1.82) is 0 Å². The van der Waals surface area contributed by atoms with E-state index in [0.29, 0.717) is 5.57 Å². The second-order valence-corrected chi connectivity index (χ2v) is 7.27. The molecular formula is C16H19NO4S. The number of ether oxygens (including phenoxy) is 1. The highest BCUT2D eigenvalue weighted by Crippen LogP contribution is 2.22. The smallest absolute Gasteiger partial charge is 0.330 e. The first kappa shape index (κ1) is 16.5. The van der Waals surface area contributed by atoms with E-state index in [1.165, 1.54) is 10.4 Å². The summed E-state index contributed by atoms with van der Waals surface area (Å²) in [5, 5.41) is 0. The monoisotopic (exact) mass is 321 g/mol. The Morgan fingerprint density at radius 1 is 1.36 bits per heavy atom. The fraction of sp³-hybridized carbons (Fsp3) is 0.312. The molecule has 2 rings (SSSR count). The van der Waals surface area contributed by atoms with Crippen LogP contribution in [0, 0.1) is 6.92 Å². The quantitative estimate of drug-likeness (QED) is 0.615. The summed E-state index contributed by atoms with van der Waals surface area (Å²) in [6.07, 6.45) is 2.81. The highest BCUT2D eigenvalue weighted by atomic mass is 32.2. The molecular weight excluding hydrogens is 302 g/mol. The van der Waals surface area contributed by atoms with E-state index in [4.69, 9.17) is 4.74 Å². The molecule has 118 valence electrons. The molecule has 0 amide bonds. The highest BCUT2D eigenvalue weighted by molar-refractivity contribution is 7.89. The summed E-state index contributed by atoms with van der Waals surface area (Å²) in [6, 6.07) is 6.13. The third kappa shape index (κ3) is 3.64. The molecule has 1 aliphatic heterocycles. The minimum atomic E-state index is -3.70. The molecule has 0 unspecified atom stereocenters. The van der Waals surface area contributed by atoms with Crippen LogP contribution >= 0.6 is 0 Å². The zero-order chi connectivity index (χ0) is 16.3. The van der Waals surface area contributed by atoms with E-state index >= 15 is 0 Å². The lowest BCUT2D eigenvalue weighted by Gasteiger charge is -2.30. The summed E-state index contributed by atoms with van der Waals surface area (Å²) in [7, 11) is -3.70. The van der Waals surface area contributed by atoms with E-state index in [-0.39, 0.29) is 18.0 Å². The summed E-state index contributed by atoms with van der Waals surface area (Å²) in [4.78, 5) is 11.3. The van der Waals surface area contributed by atoms with Crippen LogP contribution in [-0.2, 0) is 19.6 Å². The van der Waals surface area contributed by atoms with Gasteiger partial charge in [-0.3, -0.25) is 0 Å². The molecule has 0 N–H and O–H groups in total.